The largest absolute Gasteiger partial charge is 0.453 e. The van der Waals surface area contributed by atoms with E-state index in [-0.39, 0.29) is 6.09 Å². The average molecular weight is 310 g/mol. The molecule has 0 atom stereocenters. The minimum Gasteiger partial charge on any atom is -0.453 e. The molecule has 2 rings (SSSR count). The Labute approximate surface area is 133 Å². The summed E-state index contributed by atoms with van der Waals surface area (Å²) in [4.78, 5) is 17.6. The summed E-state index contributed by atoms with van der Waals surface area (Å²) < 4.78 is 4.76. The van der Waals surface area contributed by atoms with Crippen LogP contribution in [0.4, 0.5) is 4.79 Å². The fourth-order valence-electron chi connectivity index (χ4n) is 3.43. The lowest BCUT2D eigenvalue weighted by atomic mass is 9.89. The number of carbonyl (C=O) groups is 1. The van der Waals surface area contributed by atoms with Crippen LogP contribution >= 0.6 is 0 Å². The molecule has 1 aliphatic heterocycles. The molecular weight excluding hydrogens is 280 g/mol. The van der Waals surface area contributed by atoms with E-state index < -0.39 is 0 Å². The minimum atomic E-state index is -0.227. The number of aliphatic imine (C=N–C) groups is 1. The fourth-order valence-corrected chi connectivity index (χ4v) is 3.43. The molecule has 22 heavy (non-hydrogen) atoms. The molecule has 0 unspecified atom stereocenters. The number of amides is 1. The molecule has 2 N–H and O–H groups in total. The van der Waals surface area contributed by atoms with Gasteiger partial charge in [0.15, 0.2) is 5.96 Å². The van der Waals surface area contributed by atoms with Crippen molar-refractivity contribution >= 4 is 12.1 Å². The van der Waals surface area contributed by atoms with Crippen LogP contribution in [0.15, 0.2) is 4.99 Å². The van der Waals surface area contributed by atoms with E-state index in [0.717, 1.165) is 38.4 Å². The first kappa shape index (κ1) is 16.9. The molecule has 1 aliphatic carbocycles. The van der Waals surface area contributed by atoms with Crippen LogP contribution in [-0.2, 0) is 4.74 Å². The van der Waals surface area contributed by atoms with E-state index in [1.165, 1.54) is 32.8 Å². The quantitative estimate of drug-likeness (QED) is 0.618. The van der Waals surface area contributed by atoms with Crippen LogP contribution in [0.2, 0.25) is 0 Å². The Morgan fingerprint density at radius 3 is 2.50 bits per heavy atom. The Balaban J connectivity index is 1.73. The van der Waals surface area contributed by atoms with E-state index in [0.29, 0.717) is 11.5 Å². The summed E-state index contributed by atoms with van der Waals surface area (Å²) in [6.07, 6.45) is 6.91. The van der Waals surface area contributed by atoms with Crippen molar-refractivity contribution in [3.63, 3.8) is 0 Å². The second-order valence-electron chi connectivity index (χ2n) is 6.82. The van der Waals surface area contributed by atoms with E-state index in [1.54, 1.807) is 4.90 Å². The van der Waals surface area contributed by atoms with Crippen LogP contribution in [0.1, 0.15) is 45.4 Å². The second kappa shape index (κ2) is 7.70. The van der Waals surface area contributed by atoms with Gasteiger partial charge in [-0.25, -0.2) is 4.79 Å². The zero-order valence-corrected chi connectivity index (χ0v) is 14.2. The molecule has 126 valence electrons. The Hall–Kier alpha value is -1.46. The molecule has 2 fully saturated rings. The number of methoxy groups -OCH3 is 1. The van der Waals surface area contributed by atoms with Gasteiger partial charge < -0.3 is 20.3 Å². The molecule has 0 spiro atoms. The van der Waals surface area contributed by atoms with Gasteiger partial charge in [-0.05, 0) is 31.1 Å². The predicted octanol–water partition coefficient (Wildman–Crippen LogP) is 1.96. The van der Waals surface area contributed by atoms with E-state index in [9.17, 15) is 4.79 Å². The van der Waals surface area contributed by atoms with E-state index in [2.05, 4.69) is 22.5 Å². The van der Waals surface area contributed by atoms with Gasteiger partial charge in [-0.3, -0.25) is 4.99 Å². The van der Waals surface area contributed by atoms with Gasteiger partial charge in [-0.2, -0.15) is 0 Å². The Morgan fingerprint density at radius 1 is 1.32 bits per heavy atom. The molecule has 1 saturated heterocycles. The van der Waals surface area contributed by atoms with Crippen molar-refractivity contribution in [2.45, 2.75) is 51.5 Å². The van der Waals surface area contributed by atoms with Crippen LogP contribution in [0.25, 0.3) is 0 Å². The molecule has 1 amide bonds. The average Bonchev–Trinajstić information content (AvgIpc) is 2.98. The lowest BCUT2D eigenvalue weighted by Crippen LogP contribution is -2.51. The molecule has 0 bridgehead atoms. The van der Waals surface area contributed by atoms with Crippen LogP contribution in [-0.4, -0.2) is 56.8 Å². The summed E-state index contributed by atoms with van der Waals surface area (Å²) in [5, 5.41) is 6.96. The summed E-state index contributed by atoms with van der Waals surface area (Å²) in [5.74, 6) is 0.879. The Bertz CT molecular complexity index is 397. The van der Waals surface area contributed by atoms with Crippen molar-refractivity contribution in [2.75, 3.05) is 33.8 Å². The number of carbonyl (C=O) groups excluding carboxylic acids is 1. The molecule has 0 radical (unpaired) electrons. The Morgan fingerprint density at radius 2 is 1.95 bits per heavy atom. The summed E-state index contributed by atoms with van der Waals surface area (Å²) in [6, 6.07) is 0.364. The van der Waals surface area contributed by atoms with Crippen LogP contribution in [0.3, 0.4) is 0 Å². The van der Waals surface area contributed by atoms with E-state index >= 15 is 0 Å². The van der Waals surface area contributed by atoms with Crippen LogP contribution < -0.4 is 10.6 Å². The molecule has 0 aromatic rings. The molecule has 2 aliphatic rings. The third kappa shape index (κ3) is 4.52. The van der Waals surface area contributed by atoms with Gasteiger partial charge in [0.25, 0.3) is 0 Å². The first-order chi connectivity index (χ1) is 10.6. The molecule has 1 heterocycles. The SMILES string of the molecule is CN=C(NCC1(C)CCCC1)NC1CCN(C(=O)OC)CC1. The van der Waals surface area contributed by atoms with Gasteiger partial charge in [0.2, 0.25) is 0 Å². The van der Waals surface area contributed by atoms with Gasteiger partial charge in [0.05, 0.1) is 7.11 Å². The highest BCUT2D eigenvalue weighted by molar-refractivity contribution is 5.80. The van der Waals surface area contributed by atoms with Crippen molar-refractivity contribution in [3.8, 4) is 0 Å². The smallest absolute Gasteiger partial charge is 0.409 e. The molecular formula is C16H30N4O2. The molecule has 1 saturated carbocycles. The summed E-state index contributed by atoms with van der Waals surface area (Å²) in [6.45, 7) is 4.81. The number of hydrogen-bond donors (Lipinski definition) is 2. The third-order valence-electron chi connectivity index (χ3n) is 4.99. The van der Waals surface area contributed by atoms with Gasteiger partial charge >= 0.3 is 6.09 Å². The summed E-state index contributed by atoms with van der Waals surface area (Å²) in [7, 11) is 3.25. The van der Waals surface area contributed by atoms with Gasteiger partial charge in [0.1, 0.15) is 0 Å². The van der Waals surface area contributed by atoms with Crippen molar-refractivity contribution in [1.82, 2.24) is 15.5 Å². The Kier molecular flexibility index (Phi) is 5.91. The topological polar surface area (TPSA) is 66.0 Å². The number of guanidine groups is 1. The van der Waals surface area contributed by atoms with Gasteiger partial charge in [-0.1, -0.05) is 19.8 Å². The van der Waals surface area contributed by atoms with Crippen LogP contribution in [0, 0.1) is 5.41 Å². The van der Waals surface area contributed by atoms with E-state index in [4.69, 9.17) is 4.74 Å². The number of nitrogens with zero attached hydrogens (tertiary/aromatic N) is 2. The predicted molar refractivity (Wildman–Crippen MR) is 88.1 cm³/mol. The zero-order valence-electron chi connectivity index (χ0n) is 14.2. The monoisotopic (exact) mass is 310 g/mol. The van der Waals surface area contributed by atoms with E-state index in [1.807, 2.05) is 7.05 Å². The highest BCUT2D eigenvalue weighted by Gasteiger charge is 2.29. The fraction of sp³-hybridized carbons (Fsp3) is 0.875. The maximum Gasteiger partial charge on any atom is 0.409 e. The summed E-state index contributed by atoms with van der Waals surface area (Å²) in [5.41, 5.74) is 0.409. The zero-order chi connectivity index (χ0) is 16.0. The first-order valence-electron chi connectivity index (χ1n) is 8.36. The number of rotatable bonds is 3. The van der Waals surface area contributed by atoms with Crippen molar-refractivity contribution in [2.24, 2.45) is 10.4 Å². The normalized spacial score (nSPS) is 22.5. The van der Waals surface area contributed by atoms with Crippen molar-refractivity contribution < 1.29 is 9.53 Å². The third-order valence-corrected chi connectivity index (χ3v) is 4.99. The number of hydrogen-bond acceptors (Lipinski definition) is 3. The number of piperidine rings is 1. The standard InChI is InChI=1S/C16H30N4O2/c1-16(8-4-5-9-16)12-18-14(17-2)19-13-6-10-20(11-7-13)15(21)22-3/h13H,4-12H2,1-3H3,(H2,17,18,19). The molecule has 0 aromatic heterocycles. The van der Waals surface area contributed by atoms with Crippen molar-refractivity contribution in [1.29, 1.82) is 0 Å². The minimum absolute atomic E-state index is 0.227. The van der Waals surface area contributed by atoms with Gasteiger partial charge in [-0.15, -0.1) is 0 Å². The highest BCUT2D eigenvalue weighted by Crippen LogP contribution is 2.36. The summed E-state index contributed by atoms with van der Waals surface area (Å²) >= 11 is 0. The maximum atomic E-state index is 11.5. The van der Waals surface area contributed by atoms with Gasteiger partial charge in [0, 0.05) is 32.7 Å². The van der Waals surface area contributed by atoms with Crippen molar-refractivity contribution in [3.05, 3.63) is 0 Å². The molecule has 0 aromatic carbocycles. The highest BCUT2D eigenvalue weighted by atomic mass is 16.5. The maximum absolute atomic E-state index is 11.5. The number of ether oxygens (including phenoxy) is 1. The molecule has 6 nitrogen and oxygen atoms in total. The lowest BCUT2D eigenvalue weighted by molar-refractivity contribution is 0.111. The van der Waals surface area contributed by atoms with Crippen LogP contribution in [0.5, 0.6) is 0 Å². The second-order valence-corrected chi connectivity index (χ2v) is 6.82. The number of nitrogens with one attached hydrogen (secondary N) is 2. The first-order valence-corrected chi connectivity index (χ1v) is 8.36. The lowest BCUT2D eigenvalue weighted by Gasteiger charge is -2.33. The number of likely N-dealkylation sites (tertiary alicyclic amines) is 1. The molecule has 6 heteroatoms.